The van der Waals surface area contributed by atoms with Crippen molar-refractivity contribution in [2.75, 3.05) is 13.7 Å². The summed E-state index contributed by atoms with van der Waals surface area (Å²) in [5, 5.41) is 0. The second-order valence-electron chi connectivity index (χ2n) is 4.90. The van der Waals surface area contributed by atoms with Crippen molar-refractivity contribution in [3.05, 3.63) is 11.6 Å². The molecular weight excluding hydrogens is 222 g/mol. The Morgan fingerprint density at radius 3 is 2.82 bits per heavy atom. The van der Waals surface area contributed by atoms with Crippen LogP contribution < -0.4 is 0 Å². The van der Waals surface area contributed by atoms with Crippen molar-refractivity contribution >= 4 is 11.9 Å². The van der Waals surface area contributed by atoms with Crippen LogP contribution in [0.3, 0.4) is 0 Å². The van der Waals surface area contributed by atoms with Gasteiger partial charge in [0.1, 0.15) is 5.57 Å². The maximum atomic E-state index is 12.2. The summed E-state index contributed by atoms with van der Waals surface area (Å²) >= 11 is 0. The van der Waals surface area contributed by atoms with Crippen LogP contribution in [0, 0.1) is 5.92 Å². The number of esters is 1. The van der Waals surface area contributed by atoms with E-state index >= 15 is 0 Å². The van der Waals surface area contributed by atoms with Gasteiger partial charge in [-0.15, -0.1) is 0 Å². The molecule has 0 aromatic carbocycles. The summed E-state index contributed by atoms with van der Waals surface area (Å²) in [5.41, 5.74) is -0.726. The number of carbonyl (C=O) groups excluding carboxylic acids is 2. The lowest BCUT2D eigenvalue weighted by Gasteiger charge is -2.30. The Balaban J connectivity index is 2.34. The second kappa shape index (κ2) is 3.84. The average Bonchev–Trinajstić information content (AvgIpc) is 2.73. The Morgan fingerprint density at radius 1 is 1.65 bits per heavy atom. The first kappa shape index (κ1) is 12.1. The minimum Gasteiger partial charge on any atom is -0.465 e. The zero-order valence-electron chi connectivity index (χ0n) is 10.5. The molecule has 0 aromatic rings. The van der Waals surface area contributed by atoms with E-state index in [1.54, 1.807) is 17.9 Å². The number of fused-ring (bicyclic) bond motifs is 1. The molecule has 94 valence electrons. The Morgan fingerprint density at radius 2 is 2.29 bits per heavy atom. The molecule has 17 heavy (non-hydrogen) atoms. The van der Waals surface area contributed by atoms with E-state index < -0.39 is 11.7 Å². The van der Waals surface area contributed by atoms with Crippen LogP contribution in [0.15, 0.2) is 11.6 Å². The van der Waals surface area contributed by atoms with Gasteiger partial charge in [-0.3, -0.25) is 4.79 Å². The summed E-state index contributed by atoms with van der Waals surface area (Å²) in [6, 6.07) is 0.00547. The van der Waals surface area contributed by atoms with Crippen LogP contribution in [-0.4, -0.2) is 42.3 Å². The van der Waals surface area contributed by atoms with Gasteiger partial charge >= 0.3 is 5.97 Å². The second-order valence-corrected chi connectivity index (χ2v) is 4.90. The van der Waals surface area contributed by atoms with Gasteiger partial charge in [0.2, 0.25) is 0 Å². The fraction of sp³-hybridized carbons (Fsp3) is 0.667. The number of carbonyl (C=O) groups is 2. The zero-order valence-corrected chi connectivity index (χ0v) is 10.5. The number of rotatable bonds is 2. The summed E-state index contributed by atoms with van der Waals surface area (Å²) in [4.78, 5) is 25.3. The number of hydrogen-bond donors (Lipinski definition) is 0. The lowest BCUT2D eigenvalue weighted by atomic mass is 10.0. The molecule has 1 amide bonds. The van der Waals surface area contributed by atoms with Crippen LogP contribution in [-0.2, 0) is 19.1 Å². The van der Waals surface area contributed by atoms with E-state index in [1.165, 1.54) is 7.11 Å². The summed E-state index contributed by atoms with van der Waals surface area (Å²) in [5.74, 6) is -0.613. The highest BCUT2D eigenvalue weighted by molar-refractivity contribution is 6.18. The predicted molar refractivity (Wildman–Crippen MR) is 59.9 cm³/mol. The fourth-order valence-electron chi connectivity index (χ4n) is 2.40. The van der Waals surface area contributed by atoms with Crippen molar-refractivity contribution in [1.29, 1.82) is 0 Å². The lowest BCUT2D eigenvalue weighted by molar-refractivity contribution is -0.142. The third-order valence-corrected chi connectivity index (χ3v) is 3.39. The normalized spacial score (nSPS) is 31.8. The molecule has 5 nitrogen and oxygen atoms in total. The number of methoxy groups -OCH3 is 1. The highest BCUT2D eigenvalue weighted by Crippen LogP contribution is 2.39. The zero-order chi connectivity index (χ0) is 12.8. The van der Waals surface area contributed by atoms with Gasteiger partial charge in [-0.2, -0.15) is 0 Å². The first-order chi connectivity index (χ1) is 7.90. The van der Waals surface area contributed by atoms with Gasteiger partial charge in [-0.1, -0.05) is 13.8 Å². The fourth-order valence-corrected chi connectivity index (χ4v) is 2.40. The third-order valence-electron chi connectivity index (χ3n) is 3.39. The Labute approximate surface area is 100 Å². The van der Waals surface area contributed by atoms with Crippen molar-refractivity contribution in [1.82, 2.24) is 4.90 Å². The van der Waals surface area contributed by atoms with E-state index in [2.05, 4.69) is 4.74 Å². The molecule has 0 radical (unpaired) electrons. The van der Waals surface area contributed by atoms with E-state index in [9.17, 15) is 9.59 Å². The Bertz CT molecular complexity index is 401. The minimum atomic E-state index is -0.796. The van der Waals surface area contributed by atoms with Crippen molar-refractivity contribution < 1.29 is 19.1 Å². The number of nitrogens with zero attached hydrogens (tertiary/aromatic N) is 1. The molecule has 0 saturated carbocycles. The molecule has 0 aliphatic carbocycles. The maximum Gasteiger partial charge on any atom is 0.343 e. The average molecular weight is 239 g/mol. The quantitative estimate of drug-likeness (QED) is 0.526. The van der Waals surface area contributed by atoms with Crippen LogP contribution in [0.2, 0.25) is 0 Å². The lowest BCUT2D eigenvalue weighted by Crippen LogP contribution is -2.46. The molecule has 1 saturated heterocycles. The number of ether oxygens (including phenoxy) is 2. The van der Waals surface area contributed by atoms with Gasteiger partial charge in [-0.05, 0) is 18.9 Å². The van der Waals surface area contributed by atoms with E-state index in [0.29, 0.717) is 6.61 Å². The molecule has 2 rings (SSSR count). The van der Waals surface area contributed by atoms with Gasteiger partial charge in [0.15, 0.2) is 5.72 Å². The van der Waals surface area contributed by atoms with Crippen molar-refractivity contribution in [3.63, 3.8) is 0 Å². The van der Waals surface area contributed by atoms with Crippen LogP contribution in [0.25, 0.3) is 0 Å². The highest BCUT2D eigenvalue weighted by atomic mass is 16.5. The highest BCUT2D eigenvalue weighted by Gasteiger charge is 2.53. The summed E-state index contributed by atoms with van der Waals surface area (Å²) < 4.78 is 10.3. The van der Waals surface area contributed by atoms with E-state index in [1.807, 2.05) is 13.8 Å². The van der Waals surface area contributed by atoms with Crippen LogP contribution in [0.4, 0.5) is 0 Å². The minimum absolute atomic E-state index is 0.00547. The van der Waals surface area contributed by atoms with Gasteiger partial charge < -0.3 is 14.4 Å². The monoisotopic (exact) mass is 239 g/mol. The predicted octanol–water partition coefficient (Wildman–Crippen LogP) is 0.699. The molecule has 0 N–H and O–H groups in total. The molecule has 2 atom stereocenters. The molecule has 0 spiro atoms. The topological polar surface area (TPSA) is 55.8 Å². The number of amides is 1. The maximum absolute atomic E-state index is 12.2. The van der Waals surface area contributed by atoms with Gasteiger partial charge in [0, 0.05) is 0 Å². The van der Waals surface area contributed by atoms with Crippen LogP contribution in [0.5, 0.6) is 0 Å². The van der Waals surface area contributed by atoms with Crippen LogP contribution in [0.1, 0.15) is 20.8 Å². The molecular formula is C12H17NO4. The van der Waals surface area contributed by atoms with Crippen LogP contribution >= 0.6 is 0 Å². The molecule has 0 bridgehead atoms. The molecule has 5 heteroatoms. The van der Waals surface area contributed by atoms with Crippen molar-refractivity contribution in [3.8, 4) is 0 Å². The van der Waals surface area contributed by atoms with Crippen molar-refractivity contribution in [2.45, 2.75) is 32.5 Å². The Kier molecular flexibility index (Phi) is 2.73. The van der Waals surface area contributed by atoms with E-state index in [4.69, 9.17) is 4.74 Å². The molecule has 0 unspecified atom stereocenters. The van der Waals surface area contributed by atoms with Gasteiger partial charge in [0.25, 0.3) is 5.91 Å². The number of hydrogen-bond acceptors (Lipinski definition) is 4. The third kappa shape index (κ3) is 1.65. The smallest absolute Gasteiger partial charge is 0.343 e. The van der Waals surface area contributed by atoms with E-state index in [-0.39, 0.29) is 23.4 Å². The summed E-state index contributed by atoms with van der Waals surface area (Å²) in [7, 11) is 1.27. The SMILES string of the molecule is COC(=O)C1=C[C@]2(C)OC[C@@H](C(C)C)N2C1=O. The summed E-state index contributed by atoms with van der Waals surface area (Å²) in [6.45, 7) is 6.36. The van der Waals surface area contributed by atoms with Gasteiger partial charge in [-0.25, -0.2) is 4.79 Å². The molecule has 2 aliphatic rings. The standard InChI is InChI=1S/C12H17NO4/c1-7(2)9-6-17-12(3)5-8(11(15)16-4)10(14)13(9)12/h5,7,9H,6H2,1-4H3/t9-,12-/m0/s1. The van der Waals surface area contributed by atoms with Crippen molar-refractivity contribution in [2.24, 2.45) is 5.92 Å². The summed E-state index contributed by atoms with van der Waals surface area (Å²) in [6.07, 6.45) is 1.56. The Hall–Kier alpha value is -1.36. The van der Waals surface area contributed by atoms with Gasteiger partial charge in [0.05, 0.1) is 19.8 Å². The largest absolute Gasteiger partial charge is 0.465 e. The molecule has 0 aromatic heterocycles. The first-order valence-corrected chi connectivity index (χ1v) is 5.69. The first-order valence-electron chi connectivity index (χ1n) is 5.69. The van der Waals surface area contributed by atoms with E-state index in [0.717, 1.165) is 0 Å². The molecule has 1 fully saturated rings. The molecule has 2 heterocycles. The molecule has 2 aliphatic heterocycles.